The molecule has 3 aliphatic rings. The van der Waals surface area contributed by atoms with Crippen LogP contribution in [0, 0.1) is 13.8 Å². The predicted molar refractivity (Wildman–Crippen MR) is 162 cm³/mol. The number of hydrogen-bond donors (Lipinski definition) is 2. The fraction of sp³-hybridized carbons (Fsp3) is 0.516. The van der Waals surface area contributed by atoms with Crippen molar-refractivity contribution in [1.82, 2.24) is 14.5 Å². The summed E-state index contributed by atoms with van der Waals surface area (Å²) in [5.74, 6) is -0.366. The van der Waals surface area contributed by atoms with Crippen LogP contribution in [0.2, 0.25) is 0 Å². The number of benzene rings is 2. The minimum absolute atomic E-state index is 0.00541. The third kappa shape index (κ3) is 6.97. The van der Waals surface area contributed by atoms with E-state index in [2.05, 4.69) is 10.3 Å². The largest absolute Gasteiger partial charge is 0.459 e. The van der Waals surface area contributed by atoms with Crippen molar-refractivity contribution in [2.24, 2.45) is 4.99 Å². The Kier molecular flexibility index (Phi) is 9.75. The van der Waals surface area contributed by atoms with Gasteiger partial charge in [0.25, 0.3) is 11.8 Å². The molecule has 0 saturated carbocycles. The summed E-state index contributed by atoms with van der Waals surface area (Å²) in [4.78, 5) is 32.4. The Bertz CT molecular complexity index is 1560. The van der Waals surface area contributed by atoms with Crippen molar-refractivity contribution in [1.29, 1.82) is 0 Å². The van der Waals surface area contributed by atoms with E-state index < -0.39 is 29.3 Å². The van der Waals surface area contributed by atoms with E-state index in [1.54, 1.807) is 23.1 Å². The van der Waals surface area contributed by atoms with Crippen LogP contribution in [-0.2, 0) is 21.2 Å². The number of nitrogens with zero attached hydrogens (tertiary/aromatic N) is 3. The van der Waals surface area contributed by atoms with Crippen molar-refractivity contribution in [3.8, 4) is 11.5 Å². The molecule has 0 atom stereocenters. The second kappa shape index (κ2) is 13.4. The smallest absolute Gasteiger partial charge is 0.253 e. The number of rotatable bonds is 10. The van der Waals surface area contributed by atoms with Gasteiger partial charge in [-0.05, 0) is 93.0 Å². The Morgan fingerprint density at radius 1 is 1.02 bits per heavy atom. The number of sulfonamides is 1. The first-order chi connectivity index (χ1) is 21.5. The maximum absolute atomic E-state index is 13.4. The highest BCUT2D eigenvalue weighted by Gasteiger charge is 2.47. The third-order valence-electron chi connectivity index (χ3n) is 8.87. The number of piperidine rings is 2. The summed E-state index contributed by atoms with van der Waals surface area (Å²) < 4.78 is 63.4. The van der Waals surface area contributed by atoms with E-state index in [4.69, 9.17) is 9.47 Å². The van der Waals surface area contributed by atoms with Gasteiger partial charge in [0.1, 0.15) is 11.4 Å². The van der Waals surface area contributed by atoms with Crippen LogP contribution in [0.3, 0.4) is 0 Å². The highest BCUT2D eigenvalue weighted by atomic mass is 32.2. The Morgan fingerprint density at radius 2 is 1.64 bits per heavy atom. The van der Waals surface area contributed by atoms with Crippen LogP contribution in [0.15, 0.2) is 35.3 Å². The number of carbonyl (C=O) groups excluding carboxylic acids is 2. The molecular weight excluding hydrogens is 610 g/mol. The lowest BCUT2D eigenvalue weighted by molar-refractivity contribution is -0.124. The van der Waals surface area contributed by atoms with Gasteiger partial charge in [0.05, 0.1) is 11.9 Å². The standard InChI is InChI=1S/C31H38F2N4O7S/c1-20-15-23(29(39)36-10-5-24(38)6-11-36)16-21(2)25(20)7-14-45(41,42)37-12-8-31(9-13-37)30(40)34-28(35-31)22-3-4-26(43-18-32)27(17-22)44-19-33/h3-4,15-17,24,38H,5-14,18-19H2,1-2H3,(H,34,35,40). The number of likely N-dealkylation sites (tertiary alicyclic amines) is 1. The number of aryl methyl sites for hydroxylation is 2. The van der Waals surface area contributed by atoms with Gasteiger partial charge in [-0.15, -0.1) is 0 Å². The first-order valence-corrected chi connectivity index (χ1v) is 16.6. The van der Waals surface area contributed by atoms with Crippen molar-refractivity contribution in [3.05, 3.63) is 58.1 Å². The number of aliphatic hydroxyl groups is 1. The fourth-order valence-electron chi connectivity index (χ4n) is 6.25. The minimum Gasteiger partial charge on any atom is -0.459 e. The number of alkyl halides is 2. The van der Waals surface area contributed by atoms with E-state index in [0.717, 1.165) is 16.7 Å². The van der Waals surface area contributed by atoms with Gasteiger partial charge in [-0.1, -0.05) is 0 Å². The average Bonchev–Trinajstić information content (AvgIpc) is 3.32. The van der Waals surface area contributed by atoms with Crippen molar-refractivity contribution in [2.45, 2.75) is 57.6 Å². The zero-order chi connectivity index (χ0) is 32.4. The normalized spacial score (nSPS) is 19.0. The van der Waals surface area contributed by atoms with Crippen LogP contribution in [0.1, 0.15) is 58.3 Å². The zero-order valence-corrected chi connectivity index (χ0v) is 26.2. The van der Waals surface area contributed by atoms with Gasteiger partial charge in [-0.25, -0.2) is 21.5 Å². The Morgan fingerprint density at radius 3 is 2.27 bits per heavy atom. The summed E-state index contributed by atoms with van der Waals surface area (Å²) in [5, 5.41) is 12.5. The van der Waals surface area contributed by atoms with E-state index in [1.165, 1.54) is 16.4 Å². The number of aliphatic hydroxyl groups excluding tert-OH is 1. The van der Waals surface area contributed by atoms with Gasteiger partial charge in [0.2, 0.25) is 23.7 Å². The summed E-state index contributed by atoms with van der Waals surface area (Å²) in [7, 11) is -3.66. The van der Waals surface area contributed by atoms with Gasteiger partial charge >= 0.3 is 0 Å². The molecule has 2 aromatic rings. The lowest BCUT2D eigenvalue weighted by atomic mass is 9.89. The van der Waals surface area contributed by atoms with E-state index in [-0.39, 0.29) is 73.4 Å². The monoisotopic (exact) mass is 648 g/mol. The summed E-state index contributed by atoms with van der Waals surface area (Å²) in [6, 6.07) is 7.93. The third-order valence-corrected chi connectivity index (χ3v) is 10.7. The van der Waals surface area contributed by atoms with Crippen LogP contribution in [0.4, 0.5) is 8.78 Å². The number of amidine groups is 1. The molecule has 14 heteroatoms. The molecule has 2 fully saturated rings. The van der Waals surface area contributed by atoms with E-state index in [9.17, 15) is 31.9 Å². The zero-order valence-electron chi connectivity index (χ0n) is 25.4. The van der Waals surface area contributed by atoms with Crippen LogP contribution in [0.25, 0.3) is 0 Å². The lowest BCUT2D eigenvalue weighted by Crippen LogP contribution is -2.50. The Labute approximate surface area is 261 Å². The van der Waals surface area contributed by atoms with E-state index in [0.29, 0.717) is 37.1 Å². The molecule has 2 saturated heterocycles. The Balaban J connectivity index is 1.22. The predicted octanol–water partition coefficient (Wildman–Crippen LogP) is 2.80. The summed E-state index contributed by atoms with van der Waals surface area (Å²) in [6.07, 6.45) is 1.38. The molecule has 5 rings (SSSR count). The SMILES string of the molecule is Cc1cc(C(=O)N2CCC(O)CC2)cc(C)c1CCS(=O)(=O)N1CCC2(CC1)N=C(c1ccc(OCF)c(OCF)c1)NC2=O. The number of amides is 2. The topological polar surface area (TPSA) is 138 Å². The highest BCUT2D eigenvalue weighted by Crippen LogP contribution is 2.34. The fourth-order valence-corrected chi connectivity index (χ4v) is 7.71. The molecule has 0 bridgehead atoms. The van der Waals surface area contributed by atoms with Crippen LogP contribution >= 0.6 is 0 Å². The number of aliphatic imine (C=N–C) groups is 1. The van der Waals surface area contributed by atoms with Gasteiger partial charge in [-0.3, -0.25) is 14.6 Å². The molecule has 45 heavy (non-hydrogen) atoms. The molecule has 2 aromatic carbocycles. The molecule has 3 aliphatic heterocycles. The van der Waals surface area contributed by atoms with Crippen molar-refractivity contribution in [3.63, 3.8) is 0 Å². The van der Waals surface area contributed by atoms with Crippen LogP contribution < -0.4 is 14.8 Å². The van der Waals surface area contributed by atoms with Crippen molar-refractivity contribution >= 4 is 27.7 Å². The van der Waals surface area contributed by atoms with Crippen LogP contribution in [-0.4, -0.2) is 97.7 Å². The first kappa shape index (κ1) is 32.8. The molecule has 0 aromatic heterocycles. The molecule has 2 N–H and O–H groups in total. The molecular formula is C31H38F2N4O7S. The summed E-state index contributed by atoms with van der Waals surface area (Å²) >= 11 is 0. The number of hydrogen-bond acceptors (Lipinski definition) is 8. The molecule has 1 spiro atoms. The average molecular weight is 649 g/mol. The molecule has 11 nitrogen and oxygen atoms in total. The van der Waals surface area contributed by atoms with Gasteiger partial charge in [0, 0.05) is 37.3 Å². The number of ether oxygens (including phenoxy) is 2. The van der Waals surface area contributed by atoms with Gasteiger partial charge in [-0.2, -0.15) is 0 Å². The number of nitrogens with one attached hydrogen (secondary N) is 1. The van der Waals surface area contributed by atoms with Gasteiger partial charge < -0.3 is 24.8 Å². The minimum atomic E-state index is -3.66. The second-order valence-electron chi connectivity index (χ2n) is 11.7. The summed E-state index contributed by atoms with van der Waals surface area (Å²) in [5.41, 5.74) is 2.39. The van der Waals surface area contributed by atoms with E-state index >= 15 is 0 Å². The molecule has 244 valence electrons. The highest BCUT2D eigenvalue weighted by molar-refractivity contribution is 7.89. The second-order valence-corrected chi connectivity index (χ2v) is 13.8. The molecule has 0 radical (unpaired) electrons. The van der Waals surface area contributed by atoms with Crippen molar-refractivity contribution in [2.75, 3.05) is 45.7 Å². The number of carbonyl (C=O) groups is 2. The van der Waals surface area contributed by atoms with Gasteiger partial charge in [0.15, 0.2) is 11.5 Å². The molecule has 2 amide bonds. The molecule has 3 heterocycles. The maximum atomic E-state index is 13.4. The van der Waals surface area contributed by atoms with Crippen LogP contribution in [0.5, 0.6) is 11.5 Å². The maximum Gasteiger partial charge on any atom is 0.253 e. The number of halogens is 2. The van der Waals surface area contributed by atoms with Crippen molar-refractivity contribution < 1.29 is 41.4 Å². The quantitative estimate of drug-likeness (QED) is 0.404. The molecule has 0 unspecified atom stereocenters. The Hall–Kier alpha value is -3.62. The summed E-state index contributed by atoms with van der Waals surface area (Å²) in [6.45, 7) is 2.70. The first-order valence-electron chi connectivity index (χ1n) is 14.9. The van der Waals surface area contributed by atoms with E-state index in [1.807, 2.05) is 13.8 Å². The lowest BCUT2D eigenvalue weighted by Gasteiger charge is -2.34. The molecule has 0 aliphatic carbocycles.